The van der Waals surface area contributed by atoms with Crippen LogP contribution in [0.2, 0.25) is 0 Å². The Kier molecular flexibility index (Phi) is 7.77. The van der Waals surface area contributed by atoms with E-state index in [2.05, 4.69) is 25.8 Å². The van der Waals surface area contributed by atoms with Crippen molar-refractivity contribution in [2.45, 2.75) is 34.1 Å². The van der Waals surface area contributed by atoms with Gasteiger partial charge in [-0.2, -0.15) is 0 Å². The average molecular weight is 197 g/mol. The van der Waals surface area contributed by atoms with E-state index in [1.165, 1.54) is 5.71 Å². The van der Waals surface area contributed by atoms with Crippen LogP contribution in [0.5, 0.6) is 0 Å². The second-order valence-electron chi connectivity index (χ2n) is 4.27. The molecule has 0 N–H and O–H groups in total. The summed E-state index contributed by atoms with van der Waals surface area (Å²) in [6, 6.07) is 0. The van der Waals surface area contributed by atoms with Gasteiger partial charge in [-0.25, -0.2) is 0 Å². The Morgan fingerprint density at radius 2 is 2.00 bits per heavy atom. The van der Waals surface area contributed by atoms with Crippen molar-refractivity contribution in [2.75, 3.05) is 19.8 Å². The Bertz CT molecular complexity index is 162. The number of hydrogen-bond donors (Lipinski definition) is 0. The molecule has 0 aromatic carbocycles. The highest BCUT2D eigenvalue weighted by Gasteiger charge is 1.97. The predicted molar refractivity (Wildman–Crippen MR) is 61.7 cm³/mol. The first-order chi connectivity index (χ1) is 6.52. The lowest BCUT2D eigenvalue weighted by Gasteiger charge is -2.06. The summed E-state index contributed by atoms with van der Waals surface area (Å²) < 4.78 is 5.32. The summed E-state index contributed by atoms with van der Waals surface area (Å²) in [6.07, 6.45) is 1.08. The molecule has 0 spiro atoms. The van der Waals surface area contributed by atoms with Crippen LogP contribution in [-0.4, -0.2) is 25.5 Å². The molecule has 1 atom stereocenters. The molecule has 2 nitrogen and oxygen atoms in total. The summed E-state index contributed by atoms with van der Waals surface area (Å²) in [6.45, 7) is 16.0. The minimum absolute atomic E-state index is 0.121. The van der Waals surface area contributed by atoms with E-state index in [0.29, 0.717) is 19.1 Å². The molecular weight excluding hydrogens is 174 g/mol. The van der Waals surface area contributed by atoms with Gasteiger partial charge in [-0.15, -0.1) is 0 Å². The molecule has 2 radical (unpaired) electrons. The van der Waals surface area contributed by atoms with Crippen LogP contribution in [0.25, 0.3) is 0 Å². The number of aliphatic imine (C=N–C) groups is 1. The number of nitrogens with zero attached hydrogens (tertiary/aromatic N) is 1. The summed E-state index contributed by atoms with van der Waals surface area (Å²) in [5.74, 6) is 0.805. The zero-order valence-electron chi connectivity index (χ0n) is 9.92. The van der Waals surface area contributed by atoms with Crippen molar-refractivity contribution in [3.8, 4) is 0 Å². The smallest absolute Gasteiger partial charge is 0.0661 e. The van der Waals surface area contributed by atoms with E-state index in [0.717, 1.165) is 13.0 Å². The molecule has 14 heavy (non-hydrogen) atoms. The Morgan fingerprint density at radius 1 is 1.36 bits per heavy atom. The maximum absolute atomic E-state index is 5.54. The molecule has 0 aromatic rings. The van der Waals surface area contributed by atoms with Gasteiger partial charge in [0.1, 0.15) is 0 Å². The molecule has 0 saturated carbocycles. The van der Waals surface area contributed by atoms with Crippen LogP contribution in [0.4, 0.5) is 0 Å². The molecule has 0 saturated heterocycles. The zero-order chi connectivity index (χ0) is 11.0. The Balaban J connectivity index is 3.41. The van der Waals surface area contributed by atoms with Crippen LogP contribution in [0, 0.1) is 18.8 Å². The third kappa shape index (κ3) is 9.72. The minimum Gasteiger partial charge on any atom is -0.379 e. The van der Waals surface area contributed by atoms with Gasteiger partial charge in [0.2, 0.25) is 0 Å². The highest BCUT2D eigenvalue weighted by molar-refractivity contribution is 5.82. The van der Waals surface area contributed by atoms with Crippen molar-refractivity contribution in [3.63, 3.8) is 0 Å². The second-order valence-corrected chi connectivity index (χ2v) is 4.27. The molecule has 0 aliphatic heterocycles. The summed E-state index contributed by atoms with van der Waals surface area (Å²) in [7, 11) is 0. The second kappa shape index (κ2) is 7.98. The van der Waals surface area contributed by atoms with Gasteiger partial charge in [-0.05, 0) is 32.1 Å². The van der Waals surface area contributed by atoms with Crippen molar-refractivity contribution in [2.24, 2.45) is 16.8 Å². The lowest BCUT2D eigenvalue weighted by Crippen LogP contribution is -2.07. The van der Waals surface area contributed by atoms with Crippen molar-refractivity contribution in [1.29, 1.82) is 0 Å². The SMILES string of the molecule is [CH]C(C)COCCN=C(C)CC(C)C. The Labute approximate surface area is 88.8 Å². The quantitative estimate of drug-likeness (QED) is 0.454. The molecule has 1 unspecified atom stereocenters. The topological polar surface area (TPSA) is 21.6 Å². The number of rotatable bonds is 7. The molecule has 0 bridgehead atoms. The van der Waals surface area contributed by atoms with Crippen LogP contribution in [0.15, 0.2) is 4.99 Å². The number of ether oxygens (including phenoxy) is 1. The zero-order valence-corrected chi connectivity index (χ0v) is 9.92. The standard InChI is InChI=1S/C12H23NO/c1-10(2)8-12(5)13-6-7-14-9-11(3)4/h3,10-11H,6-9H2,1-2,4-5H3. The molecule has 0 fully saturated rings. The van der Waals surface area contributed by atoms with Crippen molar-refractivity contribution in [3.05, 3.63) is 6.92 Å². The van der Waals surface area contributed by atoms with Gasteiger partial charge in [0.05, 0.1) is 13.2 Å². The average Bonchev–Trinajstić information content (AvgIpc) is 2.01. The van der Waals surface area contributed by atoms with Crippen molar-refractivity contribution < 1.29 is 4.74 Å². The fraction of sp³-hybridized carbons (Fsp3) is 0.833. The van der Waals surface area contributed by atoms with E-state index < -0.39 is 0 Å². The third-order valence-electron chi connectivity index (χ3n) is 1.70. The first-order valence-electron chi connectivity index (χ1n) is 5.35. The van der Waals surface area contributed by atoms with Gasteiger partial charge in [0, 0.05) is 12.3 Å². The first kappa shape index (κ1) is 13.6. The normalized spacial score (nSPS) is 12.9. The summed E-state index contributed by atoms with van der Waals surface area (Å²) in [5.41, 5.74) is 1.21. The van der Waals surface area contributed by atoms with Gasteiger partial charge < -0.3 is 4.74 Å². The van der Waals surface area contributed by atoms with Crippen LogP contribution in [-0.2, 0) is 4.74 Å². The largest absolute Gasteiger partial charge is 0.379 e. The van der Waals surface area contributed by atoms with Gasteiger partial charge in [-0.1, -0.05) is 20.8 Å². The molecule has 0 amide bonds. The highest BCUT2D eigenvalue weighted by atomic mass is 16.5. The maximum atomic E-state index is 5.54. The molecule has 0 aromatic heterocycles. The lowest BCUT2D eigenvalue weighted by molar-refractivity contribution is 0.123. The summed E-state index contributed by atoms with van der Waals surface area (Å²) >= 11 is 0. The first-order valence-corrected chi connectivity index (χ1v) is 5.35. The van der Waals surface area contributed by atoms with E-state index in [9.17, 15) is 0 Å². The van der Waals surface area contributed by atoms with Crippen LogP contribution >= 0.6 is 0 Å². The van der Waals surface area contributed by atoms with E-state index in [1.807, 2.05) is 6.92 Å². The van der Waals surface area contributed by atoms with Gasteiger partial charge in [-0.3, -0.25) is 4.99 Å². The van der Waals surface area contributed by atoms with Crippen molar-refractivity contribution >= 4 is 5.71 Å². The molecule has 0 rings (SSSR count). The van der Waals surface area contributed by atoms with Crippen LogP contribution in [0.3, 0.4) is 0 Å². The maximum Gasteiger partial charge on any atom is 0.0661 e. The molecule has 0 aliphatic rings. The lowest BCUT2D eigenvalue weighted by atomic mass is 10.1. The fourth-order valence-electron chi connectivity index (χ4n) is 1.23. The van der Waals surface area contributed by atoms with Gasteiger partial charge in [0.25, 0.3) is 0 Å². The number of hydrogen-bond acceptors (Lipinski definition) is 2. The molecule has 0 aliphatic carbocycles. The van der Waals surface area contributed by atoms with E-state index in [-0.39, 0.29) is 5.92 Å². The molecule has 0 heterocycles. The summed E-state index contributed by atoms with van der Waals surface area (Å²) in [4.78, 5) is 4.41. The van der Waals surface area contributed by atoms with Crippen molar-refractivity contribution in [1.82, 2.24) is 0 Å². The van der Waals surface area contributed by atoms with E-state index >= 15 is 0 Å². The molecular formula is C12H23NO. The van der Waals surface area contributed by atoms with Crippen LogP contribution in [0.1, 0.15) is 34.1 Å². The third-order valence-corrected chi connectivity index (χ3v) is 1.70. The van der Waals surface area contributed by atoms with E-state index in [4.69, 9.17) is 11.7 Å². The molecule has 82 valence electrons. The predicted octanol–water partition coefficient (Wildman–Crippen LogP) is 2.86. The van der Waals surface area contributed by atoms with Crippen LogP contribution < -0.4 is 0 Å². The monoisotopic (exact) mass is 197 g/mol. The van der Waals surface area contributed by atoms with Gasteiger partial charge in [0.15, 0.2) is 0 Å². The Morgan fingerprint density at radius 3 is 2.50 bits per heavy atom. The minimum atomic E-state index is 0.121. The molecule has 2 heteroatoms. The Hall–Kier alpha value is -0.370. The summed E-state index contributed by atoms with van der Waals surface area (Å²) in [5, 5.41) is 0. The highest BCUT2D eigenvalue weighted by Crippen LogP contribution is 2.01. The van der Waals surface area contributed by atoms with E-state index in [1.54, 1.807) is 0 Å². The fourth-order valence-corrected chi connectivity index (χ4v) is 1.23. The van der Waals surface area contributed by atoms with Gasteiger partial charge >= 0.3 is 0 Å².